The first kappa shape index (κ1) is 19.5. The van der Waals surface area contributed by atoms with E-state index in [-0.39, 0.29) is 17.2 Å². The average Bonchev–Trinajstić information content (AvgIpc) is 2.69. The summed E-state index contributed by atoms with van der Waals surface area (Å²) in [5, 5.41) is 2.81. The SMILES string of the molecule is O=C(Cc1ccc(NS(=O)(=O)c2ccc(F)cc2)cc1)NCc1cccnc1. The van der Waals surface area contributed by atoms with Crippen LogP contribution < -0.4 is 10.0 Å². The molecule has 3 aromatic rings. The first-order valence-electron chi connectivity index (χ1n) is 8.45. The first-order valence-corrected chi connectivity index (χ1v) is 9.94. The van der Waals surface area contributed by atoms with E-state index in [2.05, 4.69) is 15.0 Å². The van der Waals surface area contributed by atoms with Crippen molar-refractivity contribution in [3.8, 4) is 0 Å². The van der Waals surface area contributed by atoms with Gasteiger partial charge in [0.15, 0.2) is 0 Å². The summed E-state index contributed by atoms with van der Waals surface area (Å²) in [6, 6.07) is 14.7. The summed E-state index contributed by atoms with van der Waals surface area (Å²) in [6.45, 7) is 0.391. The Morgan fingerprint density at radius 3 is 2.32 bits per heavy atom. The lowest BCUT2D eigenvalue weighted by Crippen LogP contribution is -2.24. The monoisotopic (exact) mass is 399 g/mol. The van der Waals surface area contributed by atoms with Gasteiger partial charge in [0, 0.05) is 24.6 Å². The molecule has 0 aliphatic rings. The highest BCUT2D eigenvalue weighted by Crippen LogP contribution is 2.17. The molecule has 0 saturated carbocycles. The highest BCUT2D eigenvalue weighted by molar-refractivity contribution is 7.92. The number of amides is 1. The van der Waals surface area contributed by atoms with Crippen LogP contribution in [0, 0.1) is 5.82 Å². The topological polar surface area (TPSA) is 88.2 Å². The lowest BCUT2D eigenvalue weighted by molar-refractivity contribution is -0.120. The number of nitrogens with zero attached hydrogens (tertiary/aromatic N) is 1. The lowest BCUT2D eigenvalue weighted by Gasteiger charge is -2.09. The highest BCUT2D eigenvalue weighted by atomic mass is 32.2. The molecule has 0 saturated heterocycles. The van der Waals surface area contributed by atoms with Crippen molar-refractivity contribution in [2.45, 2.75) is 17.9 Å². The fraction of sp³-hybridized carbons (Fsp3) is 0.100. The number of hydrogen-bond donors (Lipinski definition) is 2. The van der Waals surface area contributed by atoms with Gasteiger partial charge >= 0.3 is 0 Å². The standard InChI is InChI=1S/C20H18FN3O3S/c21-17-5-9-19(10-6-17)28(26,27)24-18-7-3-15(4-8-18)12-20(25)23-14-16-2-1-11-22-13-16/h1-11,13,24H,12,14H2,(H,23,25). The van der Waals surface area contributed by atoms with Gasteiger partial charge in [0.1, 0.15) is 5.82 Å². The zero-order valence-electron chi connectivity index (χ0n) is 14.8. The van der Waals surface area contributed by atoms with Crippen LogP contribution >= 0.6 is 0 Å². The van der Waals surface area contributed by atoms with Gasteiger partial charge in [-0.05, 0) is 53.6 Å². The number of benzene rings is 2. The Morgan fingerprint density at radius 2 is 1.68 bits per heavy atom. The Bertz CT molecular complexity index is 1040. The molecule has 1 heterocycles. The largest absolute Gasteiger partial charge is 0.352 e. The van der Waals surface area contributed by atoms with Crippen LogP contribution in [0.5, 0.6) is 0 Å². The number of sulfonamides is 1. The number of aromatic nitrogens is 1. The minimum atomic E-state index is -3.81. The predicted molar refractivity (Wildman–Crippen MR) is 103 cm³/mol. The van der Waals surface area contributed by atoms with Gasteiger partial charge in [-0.2, -0.15) is 0 Å². The number of hydrogen-bond acceptors (Lipinski definition) is 4. The third kappa shape index (κ3) is 5.37. The van der Waals surface area contributed by atoms with Crippen LogP contribution in [0.1, 0.15) is 11.1 Å². The summed E-state index contributed by atoms with van der Waals surface area (Å²) in [5.41, 5.74) is 2.00. The summed E-state index contributed by atoms with van der Waals surface area (Å²) in [7, 11) is -3.81. The Balaban J connectivity index is 1.57. The van der Waals surface area contributed by atoms with Crippen molar-refractivity contribution in [1.82, 2.24) is 10.3 Å². The predicted octanol–water partition coefficient (Wildman–Crippen LogP) is 2.88. The van der Waals surface area contributed by atoms with Crippen LogP contribution in [0.4, 0.5) is 10.1 Å². The molecule has 0 aliphatic heterocycles. The van der Waals surface area contributed by atoms with Crippen molar-refractivity contribution in [1.29, 1.82) is 0 Å². The number of carbonyl (C=O) groups is 1. The van der Waals surface area contributed by atoms with Gasteiger partial charge in [0.05, 0.1) is 11.3 Å². The Kier molecular flexibility index (Phi) is 6.00. The molecule has 0 fully saturated rings. The molecule has 2 N–H and O–H groups in total. The average molecular weight is 399 g/mol. The molecule has 1 aromatic heterocycles. The van der Waals surface area contributed by atoms with Gasteiger partial charge in [0.25, 0.3) is 10.0 Å². The Hall–Kier alpha value is -3.26. The smallest absolute Gasteiger partial charge is 0.261 e. The molecule has 2 aromatic carbocycles. The molecule has 3 rings (SSSR count). The van der Waals surface area contributed by atoms with E-state index in [9.17, 15) is 17.6 Å². The first-order chi connectivity index (χ1) is 13.4. The Labute approximate surface area is 162 Å². The third-order valence-corrected chi connectivity index (χ3v) is 5.30. The fourth-order valence-electron chi connectivity index (χ4n) is 2.47. The van der Waals surface area contributed by atoms with Crippen LogP contribution in [0.3, 0.4) is 0 Å². The van der Waals surface area contributed by atoms with Crippen LogP contribution in [0.25, 0.3) is 0 Å². The van der Waals surface area contributed by atoms with Gasteiger partial charge in [-0.25, -0.2) is 12.8 Å². The summed E-state index contributed by atoms with van der Waals surface area (Å²) < 4.78 is 40.0. The van der Waals surface area contributed by atoms with Gasteiger partial charge in [0.2, 0.25) is 5.91 Å². The molecular formula is C20H18FN3O3S. The van der Waals surface area contributed by atoms with E-state index in [1.165, 1.54) is 12.1 Å². The number of pyridine rings is 1. The summed E-state index contributed by atoms with van der Waals surface area (Å²) in [6.07, 6.45) is 3.52. The van der Waals surface area contributed by atoms with Crippen LogP contribution in [-0.2, 0) is 27.8 Å². The molecule has 0 atom stereocenters. The van der Waals surface area contributed by atoms with Crippen LogP contribution in [0.15, 0.2) is 78.0 Å². The molecule has 0 spiro atoms. The maximum atomic E-state index is 13.0. The minimum Gasteiger partial charge on any atom is -0.352 e. The van der Waals surface area contributed by atoms with E-state index >= 15 is 0 Å². The fourth-order valence-corrected chi connectivity index (χ4v) is 3.53. The van der Waals surface area contributed by atoms with Gasteiger partial charge < -0.3 is 5.32 Å². The van der Waals surface area contributed by atoms with Crippen molar-refractivity contribution >= 4 is 21.6 Å². The number of anilines is 1. The van der Waals surface area contributed by atoms with Crippen molar-refractivity contribution in [2.24, 2.45) is 0 Å². The van der Waals surface area contributed by atoms with E-state index in [1.54, 1.807) is 42.7 Å². The molecule has 144 valence electrons. The second-order valence-electron chi connectivity index (χ2n) is 6.07. The van der Waals surface area contributed by atoms with E-state index in [0.717, 1.165) is 23.3 Å². The molecule has 0 radical (unpaired) electrons. The summed E-state index contributed by atoms with van der Waals surface area (Å²) >= 11 is 0. The van der Waals surface area contributed by atoms with Crippen molar-refractivity contribution in [3.05, 3.63) is 90.0 Å². The minimum absolute atomic E-state index is 0.0345. The highest BCUT2D eigenvalue weighted by Gasteiger charge is 2.14. The molecule has 6 nitrogen and oxygen atoms in total. The molecular weight excluding hydrogens is 381 g/mol. The molecule has 1 amide bonds. The summed E-state index contributed by atoms with van der Waals surface area (Å²) in [4.78, 5) is 16.0. The molecule has 8 heteroatoms. The molecule has 0 bridgehead atoms. The second-order valence-corrected chi connectivity index (χ2v) is 7.75. The number of nitrogens with one attached hydrogen (secondary N) is 2. The maximum Gasteiger partial charge on any atom is 0.261 e. The van der Waals surface area contributed by atoms with E-state index < -0.39 is 15.8 Å². The van der Waals surface area contributed by atoms with Crippen molar-refractivity contribution in [2.75, 3.05) is 4.72 Å². The summed E-state index contributed by atoms with van der Waals surface area (Å²) in [5.74, 6) is -0.659. The maximum absolute atomic E-state index is 13.0. The van der Waals surface area contributed by atoms with Gasteiger partial charge in [-0.15, -0.1) is 0 Å². The zero-order chi connectivity index (χ0) is 20.0. The number of halogens is 1. The molecule has 28 heavy (non-hydrogen) atoms. The third-order valence-electron chi connectivity index (χ3n) is 3.91. The second kappa shape index (κ2) is 8.62. The quantitative estimate of drug-likeness (QED) is 0.639. The Morgan fingerprint density at radius 1 is 0.964 bits per heavy atom. The van der Waals surface area contributed by atoms with Crippen LogP contribution in [-0.4, -0.2) is 19.3 Å². The van der Waals surface area contributed by atoms with Gasteiger partial charge in [-0.3, -0.25) is 14.5 Å². The van der Waals surface area contributed by atoms with Crippen molar-refractivity contribution < 1.29 is 17.6 Å². The molecule has 0 aliphatic carbocycles. The molecule has 0 unspecified atom stereocenters. The van der Waals surface area contributed by atoms with E-state index in [0.29, 0.717) is 12.2 Å². The normalized spacial score (nSPS) is 11.0. The van der Waals surface area contributed by atoms with Crippen molar-refractivity contribution in [3.63, 3.8) is 0 Å². The lowest BCUT2D eigenvalue weighted by atomic mass is 10.1. The number of carbonyl (C=O) groups excluding carboxylic acids is 1. The van der Waals surface area contributed by atoms with E-state index in [1.807, 2.05) is 6.07 Å². The zero-order valence-corrected chi connectivity index (χ0v) is 15.6. The number of rotatable bonds is 7. The van der Waals surface area contributed by atoms with E-state index in [4.69, 9.17) is 0 Å². The van der Waals surface area contributed by atoms with Crippen LogP contribution in [0.2, 0.25) is 0 Å². The van der Waals surface area contributed by atoms with Gasteiger partial charge in [-0.1, -0.05) is 18.2 Å².